The number of halogens is 1. The van der Waals surface area contributed by atoms with E-state index in [-0.39, 0.29) is 44.6 Å². The Hall–Kier alpha value is -4.80. The fourth-order valence-corrected chi connectivity index (χ4v) is 5.42. The van der Waals surface area contributed by atoms with Crippen molar-refractivity contribution in [2.75, 3.05) is 6.54 Å². The van der Waals surface area contributed by atoms with Crippen molar-refractivity contribution >= 4 is 58.0 Å². The van der Waals surface area contributed by atoms with E-state index in [0.29, 0.717) is 12.1 Å². The SMILES string of the molecule is CC(=O)N[C@H](Cc1ccccc1)C(=O)N[C@@H](Cc1ccc(I)cc1)C(=O)C[C@H](CCCN=C(N)N)C(=O)N[C@H](Cc1cnc[nH]1)C(N)=O. The number of hydrogen-bond acceptors (Lipinski definition) is 7. The van der Waals surface area contributed by atoms with Crippen molar-refractivity contribution in [3.63, 3.8) is 0 Å². The van der Waals surface area contributed by atoms with Crippen molar-refractivity contribution < 1.29 is 24.0 Å². The van der Waals surface area contributed by atoms with E-state index in [1.54, 1.807) is 0 Å². The van der Waals surface area contributed by atoms with E-state index in [1.807, 2.05) is 54.6 Å². The van der Waals surface area contributed by atoms with Crippen molar-refractivity contribution in [1.29, 1.82) is 0 Å². The number of ketones is 1. The third-order valence-corrected chi connectivity index (χ3v) is 8.22. The summed E-state index contributed by atoms with van der Waals surface area (Å²) >= 11 is 2.17. The number of nitrogens with one attached hydrogen (secondary N) is 4. The fraction of sp³-hybridized carbons (Fsp3) is 0.364. The number of imidazole rings is 1. The van der Waals surface area contributed by atoms with Gasteiger partial charge in [0.1, 0.15) is 12.1 Å². The van der Waals surface area contributed by atoms with Crippen LogP contribution in [0, 0.1) is 9.49 Å². The summed E-state index contributed by atoms with van der Waals surface area (Å²) in [5.74, 6) is -3.67. The van der Waals surface area contributed by atoms with Crippen LogP contribution < -0.4 is 33.2 Å². The normalized spacial score (nSPS) is 13.3. The Labute approximate surface area is 292 Å². The number of Topliss-reactive ketones (excluding diaryl/α,β-unsaturated/α-hetero) is 1. The highest BCUT2D eigenvalue weighted by atomic mass is 127. The lowest BCUT2D eigenvalue weighted by Crippen LogP contribution is -2.53. The Morgan fingerprint density at radius 2 is 1.48 bits per heavy atom. The average molecular weight is 772 g/mol. The summed E-state index contributed by atoms with van der Waals surface area (Å²) in [4.78, 5) is 76.4. The monoisotopic (exact) mass is 771 g/mol. The van der Waals surface area contributed by atoms with Gasteiger partial charge < -0.3 is 38.1 Å². The van der Waals surface area contributed by atoms with E-state index >= 15 is 0 Å². The molecule has 1 heterocycles. The standard InChI is InChI=1S/C33H42IN9O5/c1-20(44)41-28(15-21-6-3-2-4-7-21)32(48)42-26(14-22-9-11-24(34)12-10-22)29(45)16-23(8-5-13-39-33(36)37)31(47)43-27(30(35)46)17-25-18-38-19-40-25/h2-4,6-7,9-12,18-19,23,26-28H,5,8,13-17H2,1H3,(H2,35,46)(H,38,40)(H,41,44)(H,42,48)(H,43,47)(H4,36,37,39)/t23-,26-,27+,28+/m0/s1. The van der Waals surface area contributed by atoms with Crippen LogP contribution in [-0.2, 0) is 43.2 Å². The van der Waals surface area contributed by atoms with Gasteiger partial charge in [-0.15, -0.1) is 0 Å². The number of rotatable bonds is 19. The zero-order valence-electron chi connectivity index (χ0n) is 26.7. The van der Waals surface area contributed by atoms with Gasteiger partial charge in [-0.2, -0.15) is 0 Å². The quantitative estimate of drug-likeness (QED) is 0.0394. The molecule has 0 aliphatic heterocycles. The van der Waals surface area contributed by atoms with Crippen LogP contribution in [0.2, 0.25) is 0 Å². The van der Waals surface area contributed by atoms with Crippen molar-refractivity contribution in [3.8, 4) is 0 Å². The summed E-state index contributed by atoms with van der Waals surface area (Å²) < 4.78 is 0.994. The first-order chi connectivity index (χ1) is 22.9. The lowest BCUT2D eigenvalue weighted by molar-refractivity contribution is -0.134. The first-order valence-corrected chi connectivity index (χ1v) is 16.5. The predicted molar refractivity (Wildman–Crippen MR) is 189 cm³/mol. The molecule has 0 spiro atoms. The van der Waals surface area contributed by atoms with Crippen LogP contribution in [0.25, 0.3) is 0 Å². The maximum absolute atomic E-state index is 14.0. The van der Waals surface area contributed by atoms with Gasteiger partial charge in [0.25, 0.3) is 0 Å². The fourth-order valence-electron chi connectivity index (χ4n) is 5.06. The molecule has 2 aromatic carbocycles. The second-order valence-corrected chi connectivity index (χ2v) is 12.6. The second kappa shape index (κ2) is 19.1. The molecular formula is C33H42IN9O5. The second-order valence-electron chi connectivity index (χ2n) is 11.4. The van der Waals surface area contributed by atoms with Gasteiger partial charge in [-0.1, -0.05) is 42.5 Å². The Kier molecular flexibility index (Phi) is 15.0. The molecule has 4 amide bonds. The maximum atomic E-state index is 14.0. The summed E-state index contributed by atoms with van der Waals surface area (Å²) in [5, 5.41) is 8.21. The van der Waals surface area contributed by atoms with Gasteiger partial charge in [-0.3, -0.25) is 29.0 Å². The van der Waals surface area contributed by atoms with Crippen molar-refractivity contribution in [3.05, 3.63) is 87.5 Å². The Morgan fingerprint density at radius 3 is 2.08 bits per heavy atom. The van der Waals surface area contributed by atoms with E-state index in [9.17, 15) is 24.0 Å². The molecular weight excluding hydrogens is 729 g/mol. The average Bonchev–Trinajstić information content (AvgIpc) is 3.55. The van der Waals surface area contributed by atoms with Crippen LogP contribution in [0.1, 0.15) is 43.0 Å². The smallest absolute Gasteiger partial charge is 0.243 e. The number of hydrogen-bond donors (Lipinski definition) is 7. The van der Waals surface area contributed by atoms with Crippen molar-refractivity contribution in [2.45, 2.75) is 63.6 Å². The van der Waals surface area contributed by atoms with Crippen LogP contribution in [0.15, 0.2) is 72.1 Å². The lowest BCUT2D eigenvalue weighted by Gasteiger charge is -2.25. The molecule has 48 heavy (non-hydrogen) atoms. The van der Waals surface area contributed by atoms with Crippen LogP contribution >= 0.6 is 22.6 Å². The van der Waals surface area contributed by atoms with Crippen molar-refractivity contribution in [2.24, 2.45) is 28.1 Å². The Morgan fingerprint density at radius 1 is 0.833 bits per heavy atom. The summed E-state index contributed by atoms with van der Waals surface area (Å²) in [6, 6.07) is 13.6. The number of carbonyl (C=O) groups is 5. The summed E-state index contributed by atoms with van der Waals surface area (Å²) in [6.07, 6.45) is 3.69. The number of carbonyl (C=O) groups excluding carboxylic acids is 5. The highest BCUT2D eigenvalue weighted by molar-refractivity contribution is 14.1. The molecule has 0 aliphatic rings. The predicted octanol–water partition coefficient (Wildman–Crippen LogP) is 0.631. The molecule has 0 bridgehead atoms. The molecule has 0 radical (unpaired) electrons. The number of amides is 4. The van der Waals surface area contributed by atoms with E-state index in [1.165, 1.54) is 19.4 Å². The van der Waals surface area contributed by atoms with Crippen LogP contribution in [0.5, 0.6) is 0 Å². The molecule has 0 saturated carbocycles. The maximum Gasteiger partial charge on any atom is 0.243 e. The summed E-state index contributed by atoms with van der Waals surface area (Å²) in [6.45, 7) is 1.53. The van der Waals surface area contributed by atoms with Crippen LogP contribution in [0.3, 0.4) is 0 Å². The minimum atomic E-state index is -1.06. The highest BCUT2D eigenvalue weighted by Gasteiger charge is 2.31. The van der Waals surface area contributed by atoms with Gasteiger partial charge in [0.05, 0.1) is 12.4 Å². The highest BCUT2D eigenvalue weighted by Crippen LogP contribution is 2.18. The third-order valence-electron chi connectivity index (χ3n) is 7.50. The number of nitrogens with two attached hydrogens (primary N) is 3. The number of aliphatic imine (C=N–C) groups is 1. The van der Waals surface area contributed by atoms with Gasteiger partial charge >= 0.3 is 0 Å². The molecule has 3 aromatic rings. The largest absolute Gasteiger partial charge is 0.370 e. The lowest BCUT2D eigenvalue weighted by atomic mass is 9.90. The first kappa shape index (κ1) is 37.7. The summed E-state index contributed by atoms with van der Waals surface area (Å²) in [7, 11) is 0. The van der Waals surface area contributed by atoms with E-state index in [4.69, 9.17) is 17.2 Å². The Balaban J connectivity index is 1.86. The number of benzene rings is 2. The molecule has 256 valence electrons. The molecule has 0 unspecified atom stereocenters. The topological polar surface area (TPSA) is 241 Å². The number of aromatic amines is 1. The van der Waals surface area contributed by atoms with Crippen LogP contribution in [-0.4, -0.2) is 70.0 Å². The Bertz CT molecular complexity index is 1550. The van der Waals surface area contributed by atoms with Gasteiger partial charge in [0.15, 0.2) is 11.7 Å². The van der Waals surface area contributed by atoms with Gasteiger partial charge in [-0.05, 0) is 65.1 Å². The molecule has 15 heteroatoms. The zero-order valence-corrected chi connectivity index (χ0v) is 28.8. The zero-order chi connectivity index (χ0) is 35.1. The number of guanidine groups is 1. The minimum Gasteiger partial charge on any atom is -0.370 e. The van der Waals surface area contributed by atoms with Gasteiger partial charge in [0, 0.05) is 54.1 Å². The van der Waals surface area contributed by atoms with E-state index in [2.05, 4.69) is 53.5 Å². The first-order valence-electron chi connectivity index (χ1n) is 15.4. The number of aromatic nitrogens is 2. The van der Waals surface area contributed by atoms with E-state index < -0.39 is 53.5 Å². The number of nitrogens with zero attached hydrogens (tertiary/aromatic N) is 2. The van der Waals surface area contributed by atoms with E-state index in [0.717, 1.165) is 14.7 Å². The third kappa shape index (κ3) is 13.1. The molecule has 14 nitrogen and oxygen atoms in total. The minimum absolute atomic E-state index is 0.0766. The molecule has 0 saturated heterocycles. The number of primary amides is 1. The molecule has 4 atom stereocenters. The molecule has 3 rings (SSSR count). The number of H-pyrrole nitrogens is 1. The summed E-state index contributed by atoms with van der Waals surface area (Å²) in [5.41, 5.74) is 18.7. The van der Waals surface area contributed by atoms with Crippen LogP contribution in [0.4, 0.5) is 0 Å². The van der Waals surface area contributed by atoms with Gasteiger partial charge in [-0.25, -0.2) is 4.98 Å². The molecule has 0 aliphatic carbocycles. The van der Waals surface area contributed by atoms with Gasteiger partial charge in [0.2, 0.25) is 23.6 Å². The molecule has 10 N–H and O–H groups in total. The van der Waals surface area contributed by atoms with Crippen molar-refractivity contribution in [1.82, 2.24) is 25.9 Å². The molecule has 1 aromatic heterocycles. The molecule has 0 fully saturated rings.